The van der Waals surface area contributed by atoms with Gasteiger partial charge in [-0.1, -0.05) is 0 Å². The molecule has 0 radical (unpaired) electrons. The number of hydrogen-bond acceptors (Lipinski definition) is 10. The van der Waals surface area contributed by atoms with Crippen LogP contribution in [0.15, 0.2) is 0 Å². The second-order valence-corrected chi connectivity index (χ2v) is 4.64. The zero-order valence-electron chi connectivity index (χ0n) is 14.0. The highest BCUT2D eigenvalue weighted by atomic mass is 16.4. The normalized spacial score (nSPS) is 14.1. The molecule has 14 nitrogen and oxygen atoms in total. The van der Waals surface area contributed by atoms with Gasteiger partial charge in [0.2, 0.25) is 0 Å². The van der Waals surface area contributed by atoms with Crippen molar-refractivity contribution >= 4 is 23.9 Å². The third-order valence-corrected chi connectivity index (χ3v) is 2.43. The van der Waals surface area contributed by atoms with E-state index in [1.165, 1.54) is 0 Å². The minimum atomic E-state index is -2.27. The molecule has 160 valence electrons. The van der Waals surface area contributed by atoms with Crippen LogP contribution >= 0.6 is 0 Å². The number of carboxylic acid groups (broad SMARTS) is 4. The summed E-state index contributed by atoms with van der Waals surface area (Å²) in [7, 11) is 0. The highest BCUT2D eigenvalue weighted by molar-refractivity contribution is 5.83. The van der Waals surface area contributed by atoms with Crippen molar-refractivity contribution in [1.82, 2.24) is 0 Å². The van der Waals surface area contributed by atoms with Gasteiger partial charge in [-0.3, -0.25) is 0 Å². The van der Waals surface area contributed by atoms with Crippen molar-refractivity contribution in [2.75, 3.05) is 13.2 Å². The standard InChI is InChI=1S/C5H12O2.2C4H6O6/c6-4-2-1-3-5-7;2*5-1(3(7)8)2(6)4(9)10/h6-7H,1-5H2;2*1-2,5-6H,(H,7,8)(H,9,10). The Morgan fingerprint density at radius 3 is 0.778 bits per heavy atom. The van der Waals surface area contributed by atoms with Gasteiger partial charge >= 0.3 is 23.9 Å². The summed E-state index contributed by atoms with van der Waals surface area (Å²) in [5.41, 5.74) is 0. The van der Waals surface area contributed by atoms with Gasteiger partial charge in [0, 0.05) is 13.2 Å². The molecule has 4 atom stereocenters. The smallest absolute Gasteiger partial charge is 0.335 e. The Hall–Kier alpha value is -2.36. The van der Waals surface area contributed by atoms with E-state index >= 15 is 0 Å². The molecule has 0 aromatic carbocycles. The van der Waals surface area contributed by atoms with E-state index in [0.29, 0.717) is 0 Å². The molecule has 0 aromatic heterocycles. The summed E-state index contributed by atoms with van der Waals surface area (Å²) in [6.07, 6.45) is -6.49. The fourth-order valence-electron chi connectivity index (χ4n) is 0.941. The predicted octanol–water partition coefficient (Wildman–Crippen LogP) is -4.10. The highest BCUT2D eigenvalue weighted by Gasteiger charge is 2.30. The lowest BCUT2D eigenvalue weighted by atomic mass is 10.2. The molecule has 0 saturated carbocycles. The van der Waals surface area contributed by atoms with Crippen LogP contribution in [-0.2, 0) is 19.2 Å². The molecule has 10 N–H and O–H groups in total. The van der Waals surface area contributed by atoms with Crippen LogP contribution in [0, 0.1) is 0 Å². The first-order valence-electron chi connectivity index (χ1n) is 7.20. The van der Waals surface area contributed by atoms with E-state index in [4.69, 9.17) is 51.1 Å². The average molecular weight is 404 g/mol. The van der Waals surface area contributed by atoms with Crippen LogP contribution in [0.4, 0.5) is 0 Å². The van der Waals surface area contributed by atoms with Crippen molar-refractivity contribution in [2.45, 2.75) is 43.7 Å². The van der Waals surface area contributed by atoms with Gasteiger partial charge in [0.05, 0.1) is 0 Å². The SMILES string of the molecule is O=C(O)C(O)C(O)C(=O)O.O=C(O)C(O)C(O)C(=O)O.OCCCCCO. The topological polar surface area (TPSA) is 271 Å². The average Bonchev–Trinajstić information content (AvgIpc) is 2.60. The first-order chi connectivity index (χ1) is 12.3. The third-order valence-electron chi connectivity index (χ3n) is 2.43. The lowest BCUT2D eigenvalue weighted by Crippen LogP contribution is -2.39. The number of unbranched alkanes of at least 4 members (excludes halogenated alkanes) is 2. The van der Waals surface area contributed by atoms with Gasteiger partial charge in [-0.2, -0.15) is 0 Å². The third kappa shape index (κ3) is 16.8. The summed E-state index contributed by atoms with van der Waals surface area (Å²) in [5.74, 6) is -7.07. The quantitative estimate of drug-likeness (QED) is 0.155. The minimum absolute atomic E-state index is 0.250. The maximum absolute atomic E-state index is 9.77. The van der Waals surface area contributed by atoms with Gasteiger partial charge in [-0.15, -0.1) is 0 Å². The van der Waals surface area contributed by atoms with E-state index in [9.17, 15) is 19.2 Å². The van der Waals surface area contributed by atoms with Crippen LogP contribution < -0.4 is 0 Å². The van der Waals surface area contributed by atoms with E-state index in [2.05, 4.69) is 0 Å². The summed E-state index contributed by atoms with van der Waals surface area (Å²) >= 11 is 0. The molecule has 0 aliphatic carbocycles. The van der Waals surface area contributed by atoms with Gasteiger partial charge in [0.25, 0.3) is 0 Å². The Bertz CT molecular complexity index is 374. The van der Waals surface area contributed by atoms with Gasteiger partial charge in [-0.05, 0) is 19.3 Å². The molecule has 0 saturated heterocycles. The number of rotatable bonds is 10. The zero-order chi connectivity index (χ0) is 22.2. The fraction of sp³-hybridized carbons (Fsp3) is 0.692. The van der Waals surface area contributed by atoms with Crippen molar-refractivity contribution < 1.29 is 70.2 Å². The number of aliphatic hydroxyl groups is 6. The molecule has 0 bridgehead atoms. The molecule has 0 aromatic rings. The lowest BCUT2D eigenvalue weighted by molar-refractivity contribution is -0.165. The van der Waals surface area contributed by atoms with Gasteiger partial charge in [0.15, 0.2) is 24.4 Å². The van der Waals surface area contributed by atoms with Crippen LogP contribution in [0.5, 0.6) is 0 Å². The van der Waals surface area contributed by atoms with Gasteiger partial charge < -0.3 is 51.1 Å². The van der Waals surface area contributed by atoms with Crippen molar-refractivity contribution in [3.63, 3.8) is 0 Å². The molecule has 0 aliphatic rings. The van der Waals surface area contributed by atoms with Crippen LogP contribution in [0.1, 0.15) is 19.3 Å². The number of hydrogen-bond donors (Lipinski definition) is 10. The number of aliphatic carboxylic acids is 4. The molecule has 0 amide bonds. The fourth-order valence-corrected chi connectivity index (χ4v) is 0.941. The van der Waals surface area contributed by atoms with E-state index in [-0.39, 0.29) is 13.2 Å². The summed E-state index contributed by atoms with van der Waals surface area (Å²) in [4.78, 5) is 39.1. The van der Waals surface area contributed by atoms with Crippen LogP contribution in [0.2, 0.25) is 0 Å². The summed E-state index contributed by atoms with van der Waals surface area (Å²) in [6, 6.07) is 0. The van der Waals surface area contributed by atoms with Gasteiger partial charge in [-0.25, -0.2) is 19.2 Å². The Morgan fingerprint density at radius 1 is 0.481 bits per heavy atom. The predicted molar refractivity (Wildman–Crippen MR) is 82.6 cm³/mol. The molecule has 27 heavy (non-hydrogen) atoms. The largest absolute Gasteiger partial charge is 0.479 e. The Balaban J connectivity index is -0.000000326. The maximum Gasteiger partial charge on any atom is 0.335 e. The second kappa shape index (κ2) is 17.1. The number of aliphatic hydroxyl groups excluding tert-OH is 6. The monoisotopic (exact) mass is 404 g/mol. The molecular weight excluding hydrogens is 380 g/mol. The second-order valence-electron chi connectivity index (χ2n) is 4.64. The first-order valence-corrected chi connectivity index (χ1v) is 7.20. The van der Waals surface area contributed by atoms with E-state index in [1.54, 1.807) is 0 Å². The molecule has 4 unspecified atom stereocenters. The molecule has 0 aliphatic heterocycles. The zero-order valence-corrected chi connectivity index (χ0v) is 14.0. The Labute approximate surface area is 152 Å². The van der Waals surface area contributed by atoms with Crippen LogP contribution in [-0.4, -0.2) is 113 Å². The molecule has 0 spiro atoms. The molecular formula is C13H24O14. The van der Waals surface area contributed by atoms with E-state index in [1.807, 2.05) is 0 Å². The van der Waals surface area contributed by atoms with Crippen LogP contribution in [0.25, 0.3) is 0 Å². The molecule has 0 fully saturated rings. The van der Waals surface area contributed by atoms with Crippen molar-refractivity contribution in [3.8, 4) is 0 Å². The highest BCUT2D eigenvalue weighted by Crippen LogP contribution is 1.93. The summed E-state index contributed by atoms with van der Waals surface area (Å²) < 4.78 is 0. The molecule has 14 heteroatoms. The molecule has 0 rings (SSSR count). The lowest BCUT2D eigenvalue weighted by Gasteiger charge is -2.07. The van der Waals surface area contributed by atoms with E-state index < -0.39 is 48.3 Å². The Morgan fingerprint density at radius 2 is 0.667 bits per heavy atom. The van der Waals surface area contributed by atoms with Crippen molar-refractivity contribution in [3.05, 3.63) is 0 Å². The van der Waals surface area contributed by atoms with E-state index in [0.717, 1.165) is 19.3 Å². The minimum Gasteiger partial charge on any atom is -0.479 e. The molecule has 0 heterocycles. The van der Waals surface area contributed by atoms with Crippen LogP contribution in [0.3, 0.4) is 0 Å². The van der Waals surface area contributed by atoms with Crippen molar-refractivity contribution in [2.24, 2.45) is 0 Å². The number of carboxylic acids is 4. The van der Waals surface area contributed by atoms with Gasteiger partial charge in [0.1, 0.15) is 0 Å². The first kappa shape index (κ1) is 29.4. The Kier molecular flexibility index (Phi) is 18.6. The summed E-state index contributed by atoms with van der Waals surface area (Å²) in [6.45, 7) is 0.500. The maximum atomic E-state index is 9.77. The number of carbonyl (C=O) groups is 4. The summed E-state index contributed by atoms with van der Waals surface area (Å²) in [5, 5.41) is 81.5. The van der Waals surface area contributed by atoms with Crippen molar-refractivity contribution in [1.29, 1.82) is 0 Å².